The van der Waals surface area contributed by atoms with Gasteiger partial charge in [-0.05, 0) is 73.5 Å². The highest BCUT2D eigenvalue weighted by atomic mass is 32.2. The van der Waals surface area contributed by atoms with Gasteiger partial charge in [0.15, 0.2) is 5.76 Å². The second-order valence-corrected chi connectivity index (χ2v) is 9.89. The minimum atomic E-state index is -3.62. The van der Waals surface area contributed by atoms with Crippen LogP contribution in [-0.2, 0) is 16.6 Å². The lowest BCUT2D eigenvalue weighted by Crippen LogP contribution is -2.50. The highest BCUT2D eigenvalue weighted by molar-refractivity contribution is 7.89. The number of hydrogen-bond acceptors (Lipinski definition) is 5. The van der Waals surface area contributed by atoms with Crippen LogP contribution >= 0.6 is 0 Å². The number of carbonyl (C=O) groups is 1. The number of furan rings is 1. The Bertz CT molecular complexity index is 1250. The van der Waals surface area contributed by atoms with Crippen LogP contribution in [0.4, 0.5) is 4.39 Å². The van der Waals surface area contributed by atoms with Crippen LogP contribution in [-0.4, -0.2) is 49.7 Å². The number of piperazine rings is 1. The minimum absolute atomic E-state index is 0.0981. The Labute approximate surface area is 192 Å². The summed E-state index contributed by atoms with van der Waals surface area (Å²) in [5, 5.41) is 0. The van der Waals surface area contributed by atoms with Gasteiger partial charge in [0.05, 0.1) is 4.90 Å². The van der Waals surface area contributed by atoms with Gasteiger partial charge in [-0.1, -0.05) is 6.07 Å². The van der Waals surface area contributed by atoms with Crippen molar-refractivity contribution in [2.45, 2.75) is 25.3 Å². The van der Waals surface area contributed by atoms with Crippen LogP contribution in [0.15, 0.2) is 63.9 Å². The van der Waals surface area contributed by atoms with Gasteiger partial charge in [-0.25, -0.2) is 12.8 Å². The molecule has 174 valence electrons. The third-order valence-electron chi connectivity index (χ3n) is 5.71. The van der Waals surface area contributed by atoms with Gasteiger partial charge in [0.1, 0.15) is 23.9 Å². The highest BCUT2D eigenvalue weighted by Gasteiger charge is 2.31. The molecule has 1 aliphatic rings. The van der Waals surface area contributed by atoms with Gasteiger partial charge >= 0.3 is 0 Å². The minimum Gasteiger partial charge on any atom is -0.486 e. The summed E-state index contributed by atoms with van der Waals surface area (Å²) < 4.78 is 51.5. The largest absolute Gasteiger partial charge is 0.486 e. The van der Waals surface area contributed by atoms with Gasteiger partial charge in [-0.3, -0.25) is 4.79 Å². The quantitative estimate of drug-likeness (QED) is 0.546. The molecule has 4 rings (SSSR count). The van der Waals surface area contributed by atoms with Crippen molar-refractivity contribution in [3.63, 3.8) is 0 Å². The molecule has 1 aromatic heterocycles. The molecule has 0 aliphatic carbocycles. The van der Waals surface area contributed by atoms with E-state index in [1.54, 1.807) is 35.2 Å². The number of halogens is 1. The van der Waals surface area contributed by atoms with Crippen molar-refractivity contribution in [3.8, 4) is 5.75 Å². The SMILES string of the molecule is Cc1ccc(S(=O)(=O)N2CCN(C(=O)c3ccc(COc4ccc(F)cc4)o3)CC2)cc1C. The van der Waals surface area contributed by atoms with Crippen molar-refractivity contribution in [2.75, 3.05) is 26.2 Å². The van der Waals surface area contributed by atoms with Crippen LogP contribution in [0, 0.1) is 19.7 Å². The molecule has 1 aliphatic heterocycles. The molecule has 0 N–H and O–H groups in total. The Morgan fingerprint density at radius 2 is 1.67 bits per heavy atom. The molecule has 0 radical (unpaired) electrons. The first-order chi connectivity index (χ1) is 15.7. The van der Waals surface area contributed by atoms with Crippen LogP contribution in [0.1, 0.15) is 27.4 Å². The predicted molar refractivity (Wildman–Crippen MR) is 120 cm³/mol. The molecule has 7 nitrogen and oxygen atoms in total. The molecular formula is C24H25FN2O5S. The number of hydrogen-bond donors (Lipinski definition) is 0. The molecule has 0 unspecified atom stereocenters. The fourth-order valence-corrected chi connectivity index (χ4v) is 5.07. The molecule has 1 amide bonds. The molecule has 3 aromatic rings. The first kappa shape index (κ1) is 23.0. The second kappa shape index (κ2) is 9.36. The summed E-state index contributed by atoms with van der Waals surface area (Å²) in [6.45, 7) is 4.87. The normalized spacial score (nSPS) is 14.9. The van der Waals surface area contributed by atoms with Crippen molar-refractivity contribution in [1.82, 2.24) is 9.21 Å². The molecule has 0 bridgehead atoms. The number of carbonyl (C=O) groups excluding carboxylic acids is 1. The van der Waals surface area contributed by atoms with E-state index in [1.807, 2.05) is 13.8 Å². The summed E-state index contributed by atoms with van der Waals surface area (Å²) in [5.41, 5.74) is 1.95. The average molecular weight is 473 g/mol. The number of amides is 1. The van der Waals surface area contributed by atoms with Gasteiger partial charge in [-0.15, -0.1) is 0 Å². The standard InChI is InChI=1S/C24H25FN2O5S/c1-17-3-9-22(15-18(17)2)33(29,30)27-13-11-26(12-14-27)24(28)23-10-8-21(32-23)16-31-20-6-4-19(25)5-7-20/h3-10,15H,11-14,16H2,1-2H3. The Hall–Kier alpha value is -3.17. The summed E-state index contributed by atoms with van der Waals surface area (Å²) in [5.74, 6) is 0.458. The van der Waals surface area contributed by atoms with Crippen LogP contribution < -0.4 is 4.74 Å². The van der Waals surface area contributed by atoms with E-state index in [-0.39, 0.29) is 55.2 Å². The number of benzene rings is 2. The summed E-state index contributed by atoms with van der Waals surface area (Å²) in [4.78, 5) is 14.7. The zero-order valence-corrected chi connectivity index (χ0v) is 19.3. The topological polar surface area (TPSA) is 80.1 Å². The Balaban J connectivity index is 1.34. The zero-order valence-electron chi connectivity index (χ0n) is 18.5. The lowest BCUT2D eigenvalue weighted by molar-refractivity contribution is 0.0662. The van der Waals surface area contributed by atoms with Gasteiger partial charge in [-0.2, -0.15) is 4.31 Å². The van der Waals surface area contributed by atoms with Gasteiger partial charge in [0.25, 0.3) is 5.91 Å². The lowest BCUT2D eigenvalue weighted by atomic mass is 10.1. The average Bonchev–Trinajstić information content (AvgIpc) is 3.29. The maximum Gasteiger partial charge on any atom is 0.289 e. The molecule has 0 atom stereocenters. The molecular weight excluding hydrogens is 447 g/mol. The summed E-state index contributed by atoms with van der Waals surface area (Å²) in [6, 6.07) is 13.9. The number of sulfonamides is 1. The van der Waals surface area contributed by atoms with E-state index in [0.717, 1.165) is 11.1 Å². The number of nitrogens with zero attached hydrogens (tertiary/aromatic N) is 2. The van der Waals surface area contributed by atoms with Gasteiger partial charge in [0, 0.05) is 26.2 Å². The first-order valence-electron chi connectivity index (χ1n) is 10.6. The Morgan fingerprint density at radius 3 is 2.33 bits per heavy atom. The lowest BCUT2D eigenvalue weighted by Gasteiger charge is -2.33. The molecule has 9 heteroatoms. The van der Waals surface area contributed by atoms with Crippen molar-refractivity contribution in [1.29, 1.82) is 0 Å². The maximum absolute atomic E-state index is 13.0. The highest BCUT2D eigenvalue weighted by Crippen LogP contribution is 2.22. The maximum atomic E-state index is 13.0. The van der Waals surface area contributed by atoms with E-state index in [1.165, 1.54) is 28.6 Å². The summed E-state index contributed by atoms with van der Waals surface area (Å²) in [7, 11) is -3.62. The predicted octanol–water partition coefficient (Wildman–Crippen LogP) is 3.76. The van der Waals surface area contributed by atoms with Crippen LogP contribution in [0.5, 0.6) is 5.75 Å². The molecule has 0 saturated carbocycles. The van der Waals surface area contributed by atoms with Gasteiger partial charge < -0.3 is 14.1 Å². The number of rotatable bonds is 6. The van der Waals surface area contributed by atoms with Crippen molar-refractivity contribution < 1.29 is 26.8 Å². The summed E-state index contributed by atoms with van der Waals surface area (Å²) >= 11 is 0. The van der Waals surface area contributed by atoms with E-state index in [4.69, 9.17) is 9.15 Å². The monoisotopic (exact) mass is 472 g/mol. The fraction of sp³-hybridized carbons (Fsp3) is 0.292. The van der Waals surface area contributed by atoms with E-state index < -0.39 is 10.0 Å². The zero-order chi connectivity index (χ0) is 23.6. The van der Waals surface area contributed by atoms with Crippen LogP contribution in [0.25, 0.3) is 0 Å². The molecule has 2 heterocycles. The van der Waals surface area contributed by atoms with Crippen LogP contribution in [0.3, 0.4) is 0 Å². The molecule has 0 spiro atoms. The first-order valence-corrected chi connectivity index (χ1v) is 12.0. The van der Waals surface area contributed by atoms with Gasteiger partial charge in [0.2, 0.25) is 10.0 Å². The van der Waals surface area contributed by atoms with Crippen molar-refractivity contribution in [2.24, 2.45) is 0 Å². The van der Waals surface area contributed by atoms with E-state index >= 15 is 0 Å². The fourth-order valence-electron chi connectivity index (χ4n) is 3.57. The summed E-state index contributed by atoms with van der Waals surface area (Å²) in [6.07, 6.45) is 0. The van der Waals surface area contributed by atoms with Crippen molar-refractivity contribution in [3.05, 3.63) is 83.1 Å². The van der Waals surface area contributed by atoms with Crippen molar-refractivity contribution >= 4 is 15.9 Å². The van der Waals surface area contributed by atoms with E-state index in [2.05, 4.69) is 0 Å². The molecule has 1 saturated heterocycles. The smallest absolute Gasteiger partial charge is 0.289 e. The number of aryl methyl sites for hydroxylation is 2. The molecule has 2 aromatic carbocycles. The second-order valence-electron chi connectivity index (χ2n) is 7.95. The van der Waals surface area contributed by atoms with E-state index in [9.17, 15) is 17.6 Å². The Kier molecular flexibility index (Phi) is 6.53. The Morgan fingerprint density at radius 1 is 0.970 bits per heavy atom. The third kappa shape index (κ3) is 5.09. The van der Waals surface area contributed by atoms with Crippen LogP contribution in [0.2, 0.25) is 0 Å². The molecule has 33 heavy (non-hydrogen) atoms. The molecule has 1 fully saturated rings. The van der Waals surface area contributed by atoms with E-state index in [0.29, 0.717) is 11.5 Å². The third-order valence-corrected chi connectivity index (χ3v) is 7.60. The number of ether oxygens (including phenoxy) is 1.